The standard InChI is InChI=1S/C29H44N2O/c1-3-5-7-9-11-12-13-15-19-25-23-30-29(31-24-25)27-21-18-17-20-26(27)28(32)22-16-14-10-8-6-4-2/h17-18,20-21,23-24H,3-16,19,22H2,1-2H3. The maximum Gasteiger partial charge on any atom is 0.163 e. The maximum absolute atomic E-state index is 12.8. The molecule has 0 fully saturated rings. The van der Waals surface area contributed by atoms with Gasteiger partial charge in [0.05, 0.1) is 0 Å². The quantitative estimate of drug-likeness (QED) is 0.173. The minimum Gasteiger partial charge on any atom is -0.294 e. The molecule has 0 bridgehead atoms. The van der Waals surface area contributed by atoms with Crippen LogP contribution < -0.4 is 0 Å². The first-order valence-corrected chi connectivity index (χ1v) is 13.2. The van der Waals surface area contributed by atoms with Gasteiger partial charge in [0.25, 0.3) is 0 Å². The summed E-state index contributed by atoms with van der Waals surface area (Å²) in [6.07, 6.45) is 23.3. The highest BCUT2D eigenvalue weighted by Gasteiger charge is 2.14. The van der Waals surface area contributed by atoms with Crippen LogP contribution in [0.25, 0.3) is 11.4 Å². The molecule has 3 nitrogen and oxygen atoms in total. The van der Waals surface area contributed by atoms with Gasteiger partial charge in [-0.2, -0.15) is 0 Å². The van der Waals surface area contributed by atoms with Crippen LogP contribution in [-0.4, -0.2) is 15.8 Å². The predicted molar refractivity (Wildman–Crippen MR) is 136 cm³/mol. The molecule has 0 unspecified atom stereocenters. The van der Waals surface area contributed by atoms with Crippen molar-refractivity contribution in [2.45, 2.75) is 117 Å². The van der Waals surface area contributed by atoms with Crippen molar-refractivity contribution in [2.75, 3.05) is 0 Å². The fourth-order valence-corrected chi connectivity index (χ4v) is 4.21. The van der Waals surface area contributed by atoms with Crippen LogP contribution in [0.2, 0.25) is 0 Å². The van der Waals surface area contributed by atoms with E-state index in [-0.39, 0.29) is 5.78 Å². The number of benzene rings is 1. The summed E-state index contributed by atoms with van der Waals surface area (Å²) in [7, 11) is 0. The topological polar surface area (TPSA) is 42.9 Å². The summed E-state index contributed by atoms with van der Waals surface area (Å²) in [5.74, 6) is 0.874. The zero-order chi connectivity index (χ0) is 22.9. The highest BCUT2D eigenvalue weighted by molar-refractivity contribution is 6.01. The van der Waals surface area contributed by atoms with Gasteiger partial charge in [0.15, 0.2) is 11.6 Å². The highest BCUT2D eigenvalue weighted by atomic mass is 16.1. The van der Waals surface area contributed by atoms with Crippen LogP contribution in [-0.2, 0) is 6.42 Å². The lowest BCUT2D eigenvalue weighted by Crippen LogP contribution is -2.03. The molecule has 0 atom stereocenters. The molecular weight excluding hydrogens is 392 g/mol. The third kappa shape index (κ3) is 10.1. The van der Waals surface area contributed by atoms with Gasteiger partial charge >= 0.3 is 0 Å². The number of aromatic nitrogens is 2. The van der Waals surface area contributed by atoms with Crippen molar-refractivity contribution in [3.8, 4) is 11.4 Å². The lowest BCUT2D eigenvalue weighted by molar-refractivity contribution is 0.0979. The monoisotopic (exact) mass is 436 g/mol. The van der Waals surface area contributed by atoms with E-state index in [9.17, 15) is 4.79 Å². The van der Waals surface area contributed by atoms with E-state index in [0.717, 1.165) is 30.4 Å². The molecule has 0 radical (unpaired) electrons. The van der Waals surface area contributed by atoms with Crippen molar-refractivity contribution in [1.29, 1.82) is 0 Å². The Bertz CT molecular complexity index is 754. The van der Waals surface area contributed by atoms with Gasteiger partial charge in [-0.25, -0.2) is 9.97 Å². The first kappa shape index (κ1) is 26.2. The summed E-state index contributed by atoms with van der Waals surface area (Å²) >= 11 is 0. The zero-order valence-corrected chi connectivity index (χ0v) is 20.6. The van der Waals surface area contributed by atoms with E-state index in [1.54, 1.807) is 0 Å². The molecule has 0 amide bonds. The van der Waals surface area contributed by atoms with Crippen molar-refractivity contribution in [2.24, 2.45) is 0 Å². The summed E-state index contributed by atoms with van der Waals surface area (Å²) in [6, 6.07) is 7.80. The van der Waals surface area contributed by atoms with E-state index in [2.05, 4.69) is 23.8 Å². The second-order valence-electron chi connectivity index (χ2n) is 9.13. The summed E-state index contributed by atoms with van der Waals surface area (Å²) in [4.78, 5) is 22.0. The number of aryl methyl sites for hydroxylation is 1. The smallest absolute Gasteiger partial charge is 0.163 e. The van der Waals surface area contributed by atoms with Crippen molar-refractivity contribution in [1.82, 2.24) is 9.97 Å². The lowest BCUT2D eigenvalue weighted by Gasteiger charge is -2.09. The van der Waals surface area contributed by atoms with E-state index < -0.39 is 0 Å². The first-order chi connectivity index (χ1) is 15.8. The van der Waals surface area contributed by atoms with Gasteiger partial charge in [-0.3, -0.25) is 4.79 Å². The van der Waals surface area contributed by atoms with E-state index in [1.807, 2.05) is 36.7 Å². The third-order valence-electron chi connectivity index (χ3n) is 6.25. The summed E-state index contributed by atoms with van der Waals surface area (Å²) in [5, 5.41) is 0. The summed E-state index contributed by atoms with van der Waals surface area (Å²) in [5.41, 5.74) is 2.81. The molecule has 0 saturated carbocycles. The summed E-state index contributed by atoms with van der Waals surface area (Å²) < 4.78 is 0. The lowest BCUT2D eigenvalue weighted by atomic mass is 9.98. The van der Waals surface area contributed by atoms with E-state index >= 15 is 0 Å². The molecule has 176 valence electrons. The van der Waals surface area contributed by atoms with E-state index in [0.29, 0.717) is 12.2 Å². The molecular formula is C29H44N2O. The van der Waals surface area contributed by atoms with Gasteiger partial charge in [0.2, 0.25) is 0 Å². The van der Waals surface area contributed by atoms with Crippen molar-refractivity contribution < 1.29 is 4.79 Å². The molecule has 1 heterocycles. The number of hydrogen-bond acceptors (Lipinski definition) is 3. The van der Waals surface area contributed by atoms with Gasteiger partial charge in [0.1, 0.15) is 0 Å². The number of carbonyl (C=O) groups is 1. The minimum atomic E-state index is 0.211. The molecule has 2 aromatic rings. The number of hydrogen-bond donors (Lipinski definition) is 0. The average Bonchev–Trinajstić information content (AvgIpc) is 2.83. The predicted octanol–water partition coefficient (Wildman–Crippen LogP) is 8.76. The van der Waals surface area contributed by atoms with Crippen molar-refractivity contribution in [3.63, 3.8) is 0 Å². The molecule has 2 rings (SSSR count). The Hall–Kier alpha value is -2.03. The van der Waals surface area contributed by atoms with Gasteiger partial charge in [-0.1, -0.05) is 115 Å². The van der Waals surface area contributed by atoms with Crippen LogP contribution in [0, 0.1) is 0 Å². The van der Waals surface area contributed by atoms with Gasteiger partial charge < -0.3 is 0 Å². The minimum absolute atomic E-state index is 0.211. The number of unbranched alkanes of at least 4 members (excludes halogenated alkanes) is 12. The SMILES string of the molecule is CCCCCCCCCCc1cnc(-c2ccccc2C(=O)CCCCCCCC)nc1. The first-order valence-electron chi connectivity index (χ1n) is 13.2. The fourth-order valence-electron chi connectivity index (χ4n) is 4.21. The molecule has 0 spiro atoms. The Balaban J connectivity index is 1.80. The second kappa shape index (κ2) is 16.6. The van der Waals surface area contributed by atoms with Crippen molar-refractivity contribution in [3.05, 3.63) is 47.8 Å². The maximum atomic E-state index is 12.8. The molecule has 0 aliphatic heterocycles. The van der Waals surface area contributed by atoms with Gasteiger partial charge in [0, 0.05) is 29.9 Å². The number of nitrogens with zero attached hydrogens (tertiary/aromatic N) is 2. The molecule has 32 heavy (non-hydrogen) atoms. The molecule has 0 N–H and O–H groups in total. The molecule has 1 aromatic carbocycles. The number of rotatable bonds is 18. The molecule has 0 aliphatic carbocycles. The number of carbonyl (C=O) groups excluding carboxylic acids is 1. The van der Waals surface area contributed by atoms with Crippen molar-refractivity contribution >= 4 is 5.78 Å². The zero-order valence-electron chi connectivity index (χ0n) is 20.6. The van der Waals surface area contributed by atoms with Crippen LogP contribution in [0.3, 0.4) is 0 Å². The highest BCUT2D eigenvalue weighted by Crippen LogP contribution is 2.23. The molecule has 3 heteroatoms. The second-order valence-corrected chi connectivity index (χ2v) is 9.13. The Morgan fingerprint density at radius 1 is 0.688 bits per heavy atom. The normalized spacial score (nSPS) is 11.1. The van der Waals surface area contributed by atoms with Crippen LogP contribution in [0.1, 0.15) is 126 Å². The van der Waals surface area contributed by atoms with Gasteiger partial charge in [-0.15, -0.1) is 0 Å². The van der Waals surface area contributed by atoms with Crippen LogP contribution >= 0.6 is 0 Å². The Morgan fingerprint density at radius 2 is 1.22 bits per heavy atom. The Labute approximate surface area is 196 Å². The largest absolute Gasteiger partial charge is 0.294 e. The van der Waals surface area contributed by atoms with E-state index in [1.165, 1.54) is 82.6 Å². The molecule has 0 aliphatic rings. The number of ketones is 1. The molecule has 0 saturated heterocycles. The van der Waals surface area contributed by atoms with E-state index in [4.69, 9.17) is 0 Å². The molecule has 1 aromatic heterocycles. The third-order valence-corrected chi connectivity index (χ3v) is 6.25. The van der Waals surface area contributed by atoms with Crippen LogP contribution in [0.4, 0.5) is 0 Å². The van der Waals surface area contributed by atoms with Crippen LogP contribution in [0.15, 0.2) is 36.7 Å². The summed E-state index contributed by atoms with van der Waals surface area (Å²) in [6.45, 7) is 4.49. The fraction of sp³-hybridized carbons (Fsp3) is 0.621. The van der Waals surface area contributed by atoms with Crippen LogP contribution in [0.5, 0.6) is 0 Å². The Morgan fingerprint density at radius 3 is 1.84 bits per heavy atom. The number of Topliss-reactive ketones (excluding diaryl/α,β-unsaturated/α-hetero) is 1. The average molecular weight is 437 g/mol. The van der Waals surface area contributed by atoms with Gasteiger partial charge in [-0.05, 0) is 24.8 Å². The Kier molecular flexibility index (Phi) is 13.6.